The molecule has 3 rings (SSSR count). The van der Waals surface area contributed by atoms with E-state index in [1.165, 1.54) is 12.8 Å². The third-order valence-electron chi connectivity index (χ3n) is 3.21. The summed E-state index contributed by atoms with van der Waals surface area (Å²) in [5.74, 6) is 0.842. The number of aromatic nitrogens is 3. The van der Waals surface area contributed by atoms with Crippen molar-refractivity contribution in [2.75, 3.05) is 6.54 Å². The number of nitrogens with one attached hydrogen (secondary N) is 1. The molecule has 0 spiro atoms. The second-order valence-corrected chi connectivity index (χ2v) is 6.17. The summed E-state index contributed by atoms with van der Waals surface area (Å²) < 4.78 is 1.61. The van der Waals surface area contributed by atoms with Crippen molar-refractivity contribution < 1.29 is 0 Å². The van der Waals surface area contributed by atoms with Crippen LogP contribution in [0.25, 0.3) is 5.69 Å². The highest BCUT2D eigenvalue weighted by molar-refractivity contribution is 6.43. The van der Waals surface area contributed by atoms with E-state index in [-0.39, 0.29) is 0 Å². The minimum Gasteiger partial charge on any atom is -0.311 e. The lowest BCUT2D eigenvalue weighted by molar-refractivity contribution is 0.628. The molecule has 1 aliphatic rings. The highest BCUT2D eigenvalue weighted by Gasteiger charge is 2.20. The first-order chi connectivity index (χ1) is 9.63. The minimum atomic E-state index is 0.423. The van der Waals surface area contributed by atoms with E-state index in [0.29, 0.717) is 27.3 Å². The van der Waals surface area contributed by atoms with Gasteiger partial charge in [-0.1, -0.05) is 40.0 Å². The maximum atomic E-state index is 6.15. The number of hydrogen-bond donors (Lipinski definition) is 1. The van der Waals surface area contributed by atoms with Crippen molar-refractivity contribution in [2.45, 2.75) is 19.4 Å². The molecule has 0 bridgehead atoms. The highest BCUT2D eigenvalue weighted by atomic mass is 35.5. The van der Waals surface area contributed by atoms with Gasteiger partial charge in [0.25, 0.3) is 0 Å². The highest BCUT2D eigenvalue weighted by Crippen LogP contribution is 2.31. The molecule has 106 valence electrons. The van der Waals surface area contributed by atoms with Crippen LogP contribution in [0.15, 0.2) is 18.3 Å². The zero-order valence-corrected chi connectivity index (χ0v) is 12.9. The van der Waals surface area contributed by atoms with Gasteiger partial charge in [-0.25, -0.2) is 4.68 Å². The van der Waals surface area contributed by atoms with Crippen LogP contribution in [0.2, 0.25) is 15.1 Å². The fourth-order valence-corrected chi connectivity index (χ4v) is 2.54. The summed E-state index contributed by atoms with van der Waals surface area (Å²) >= 11 is 18.1. The Labute approximate surface area is 132 Å². The SMILES string of the molecule is Clc1cc(Cl)c(-n2cc(CNCC3CC3)nn2)cc1Cl. The maximum Gasteiger partial charge on any atom is 0.0969 e. The Morgan fingerprint density at radius 2 is 1.90 bits per heavy atom. The van der Waals surface area contributed by atoms with Crippen LogP contribution in [0.5, 0.6) is 0 Å². The van der Waals surface area contributed by atoms with Gasteiger partial charge in [0.05, 0.1) is 32.6 Å². The molecule has 2 aromatic rings. The Bertz CT molecular complexity index is 622. The van der Waals surface area contributed by atoms with Gasteiger partial charge < -0.3 is 5.32 Å². The fourth-order valence-electron chi connectivity index (χ4n) is 1.91. The number of halogens is 3. The van der Waals surface area contributed by atoms with Crippen molar-refractivity contribution in [3.8, 4) is 5.69 Å². The molecule has 1 heterocycles. The molecule has 0 amide bonds. The van der Waals surface area contributed by atoms with Gasteiger partial charge in [-0.3, -0.25) is 0 Å². The molecule has 0 atom stereocenters. The molecular weight excluding hydrogens is 319 g/mol. The second kappa shape index (κ2) is 5.90. The van der Waals surface area contributed by atoms with Gasteiger partial charge in [0, 0.05) is 6.54 Å². The van der Waals surface area contributed by atoms with Crippen molar-refractivity contribution in [1.82, 2.24) is 20.3 Å². The van der Waals surface area contributed by atoms with Crippen LogP contribution in [0.4, 0.5) is 0 Å². The van der Waals surface area contributed by atoms with Gasteiger partial charge in [-0.15, -0.1) is 5.10 Å². The van der Waals surface area contributed by atoms with Crippen LogP contribution in [0.1, 0.15) is 18.5 Å². The van der Waals surface area contributed by atoms with E-state index in [9.17, 15) is 0 Å². The van der Waals surface area contributed by atoms with E-state index in [0.717, 1.165) is 18.2 Å². The molecule has 0 aliphatic heterocycles. The number of benzene rings is 1. The molecule has 1 saturated carbocycles. The average molecular weight is 332 g/mol. The summed E-state index contributed by atoms with van der Waals surface area (Å²) in [4.78, 5) is 0. The topological polar surface area (TPSA) is 42.7 Å². The molecule has 1 aliphatic carbocycles. The molecule has 1 fully saturated rings. The molecule has 0 radical (unpaired) electrons. The molecule has 7 heteroatoms. The first-order valence-corrected chi connectivity index (χ1v) is 7.54. The van der Waals surface area contributed by atoms with Crippen molar-refractivity contribution in [2.24, 2.45) is 5.92 Å². The molecule has 20 heavy (non-hydrogen) atoms. The summed E-state index contributed by atoms with van der Waals surface area (Å²) in [6.45, 7) is 1.75. The average Bonchev–Trinajstić information content (AvgIpc) is 3.11. The molecule has 1 aromatic heterocycles. The fraction of sp³-hybridized carbons (Fsp3) is 0.385. The zero-order chi connectivity index (χ0) is 14.1. The third kappa shape index (κ3) is 3.26. The number of nitrogens with zero attached hydrogens (tertiary/aromatic N) is 3. The van der Waals surface area contributed by atoms with Gasteiger partial charge in [-0.05, 0) is 37.4 Å². The van der Waals surface area contributed by atoms with Gasteiger partial charge >= 0.3 is 0 Å². The second-order valence-electron chi connectivity index (χ2n) is 4.95. The van der Waals surface area contributed by atoms with Gasteiger partial charge in [-0.2, -0.15) is 0 Å². The van der Waals surface area contributed by atoms with Crippen molar-refractivity contribution in [1.29, 1.82) is 0 Å². The minimum absolute atomic E-state index is 0.423. The third-order valence-corrected chi connectivity index (χ3v) is 4.24. The Balaban J connectivity index is 1.73. The predicted octanol–water partition coefficient (Wildman–Crippen LogP) is 3.73. The van der Waals surface area contributed by atoms with Crippen molar-refractivity contribution >= 4 is 34.8 Å². The molecule has 0 saturated heterocycles. The first-order valence-electron chi connectivity index (χ1n) is 6.40. The number of hydrogen-bond acceptors (Lipinski definition) is 3. The predicted molar refractivity (Wildman–Crippen MR) is 80.8 cm³/mol. The van der Waals surface area contributed by atoms with E-state index in [4.69, 9.17) is 34.8 Å². The lowest BCUT2D eigenvalue weighted by atomic mass is 10.3. The van der Waals surface area contributed by atoms with Gasteiger partial charge in [0.15, 0.2) is 0 Å². The summed E-state index contributed by atoms with van der Waals surface area (Å²) in [5.41, 5.74) is 1.54. The molecular formula is C13H13Cl3N4. The van der Waals surface area contributed by atoms with E-state index in [1.54, 1.807) is 16.8 Å². The summed E-state index contributed by atoms with van der Waals surface area (Å²) in [6, 6.07) is 3.29. The van der Waals surface area contributed by atoms with Crippen LogP contribution in [-0.2, 0) is 6.54 Å². The van der Waals surface area contributed by atoms with Crippen LogP contribution < -0.4 is 5.32 Å². The quantitative estimate of drug-likeness (QED) is 0.849. The lowest BCUT2D eigenvalue weighted by Crippen LogP contribution is -2.16. The Hall–Kier alpha value is -0.810. The molecule has 0 unspecified atom stereocenters. The molecule has 4 nitrogen and oxygen atoms in total. The Morgan fingerprint density at radius 1 is 1.15 bits per heavy atom. The van der Waals surface area contributed by atoms with E-state index in [1.807, 2.05) is 6.20 Å². The van der Waals surface area contributed by atoms with Gasteiger partial charge in [0.2, 0.25) is 0 Å². The standard InChI is InChI=1S/C13H13Cl3N4/c14-10-3-12(16)13(4-11(10)15)20-7-9(18-19-20)6-17-5-8-1-2-8/h3-4,7-8,17H,1-2,5-6H2. The Morgan fingerprint density at radius 3 is 2.65 bits per heavy atom. The maximum absolute atomic E-state index is 6.15. The molecule has 1 N–H and O–H groups in total. The van der Waals surface area contributed by atoms with Crippen LogP contribution >= 0.6 is 34.8 Å². The lowest BCUT2D eigenvalue weighted by Gasteiger charge is -2.05. The summed E-state index contributed by atoms with van der Waals surface area (Å²) in [7, 11) is 0. The Kier molecular flexibility index (Phi) is 4.17. The monoisotopic (exact) mass is 330 g/mol. The summed E-state index contributed by atoms with van der Waals surface area (Å²) in [6.07, 6.45) is 4.50. The van der Waals surface area contributed by atoms with Crippen LogP contribution in [0, 0.1) is 5.92 Å². The zero-order valence-electron chi connectivity index (χ0n) is 10.6. The van der Waals surface area contributed by atoms with E-state index < -0.39 is 0 Å². The van der Waals surface area contributed by atoms with Crippen molar-refractivity contribution in [3.05, 3.63) is 39.1 Å². The first kappa shape index (κ1) is 14.1. The smallest absolute Gasteiger partial charge is 0.0969 e. The summed E-state index contributed by atoms with van der Waals surface area (Å²) in [5, 5.41) is 12.9. The normalized spacial score (nSPS) is 14.8. The van der Waals surface area contributed by atoms with E-state index in [2.05, 4.69) is 15.6 Å². The molecule has 1 aromatic carbocycles. The largest absolute Gasteiger partial charge is 0.311 e. The van der Waals surface area contributed by atoms with Crippen molar-refractivity contribution in [3.63, 3.8) is 0 Å². The number of rotatable bonds is 5. The van der Waals surface area contributed by atoms with Gasteiger partial charge in [0.1, 0.15) is 0 Å². The van der Waals surface area contributed by atoms with Crippen LogP contribution in [-0.4, -0.2) is 21.5 Å². The van der Waals surface area contributed by atoms with Crippen LogP contribution in [0.3, 0.4) is 0 Å². The van der Waals surface area contributed by atoms with E-state index >= 15 is 0 Å².